The van der Waals surface area contributed by atoms with E-state index in [9.17, 15) is 0 Å². The van der Waals surface area contributed by atoms with E-state index in [1.807, 2.05) is 36.4 Å². The van der Waals surface area contributed by atoms with E-state index < -0.39 is 0 Å². The number of halogens is 2. The number of para-hydroxylation sites is 1. The van der Waals surface area contributed by atoms with Crippen molar-refractivity contribution in [2.24, 2.45) is 0 Å². The minimum atomic E-state index is 0.0955. The fourth-order valence-corrected chi connectivity index (χ4v) is 2.16. The maximum atomic E-state index is 9.02. The van der Waals surface area contributed by atoms with Crippen LogP contribution in [0.1, 0.15) is 11.1 Å². The van der Waals surface area contributed by atoms with Crippen molar-refractivity contribution in [1.82, 2.24) is 0 Å². The number of hydrogen-bond acceptors (Lipinski definition) is 2. The molecule has 2 aromatic carbocycles. The van der Waals surface area contributed by atoms with Gasteiger partial charge in [0.05, 0.1) is 10.0 Å². The lowest BCUT2D eigenvalue weighted by atomic mass is 10.1. The molecular weight excluding hydrogens is 283 g/mol. The van der Waals surface area contributed by atoms with E-state index in [-0.39, 0.29) is 6.61 Å². The second-order valence-corrected chi connectivity index (χ2v) is 4.87. The van der Waals surface area contributed by atoms with Crippen LogP contribution in [0.5, 0.6) is 5.75 Å². The predicted molar refractivity (Wildman–Crippen MR) is 78.0 cm³/mol. The Bertz CT molecular complexity index is 556. The molecule has 0 fully saturated rings. The topological polar surface area (TPSA) is 29.5 Å². The lowest BCUT2D eigenvalue weighted by Gasteiger charge is -2.12. The standard InChI is InChI=1S/C15H14Cl2O2/c16-13-6-3-5-12(15(13)17)10-19-14-7-2-1-4-11(14)8-9-18/h1-7,18H,8-10H2. The Labute approximate surface area is 122 Å². The van der Waals surface area contributed by atoms with Crippen LogP contribution in [-0.2, 0) is 13.0 Å². The van der Waals surface area contributed by atoms with Crippen LogP contribution in [0.4, 0.5) is 0 Å². The first-order valence-electron chi connectivity index (χ1n) is 5.97. The van der Waals surface area contributed by atoms with Gasteiger partial charge in [0, 0.05) is 12.2 Å². The molecular formula is C15H14Cl2O2. The van der Waals surface area contributed by atoms with Crippen LogP contribution in [0, 0.1) is 0 Å². The summed E-state index contributed by atoms with van der Waals surface area (Å²) in [6, 6.07) is 13.1. The van der Waals surface area contributed by atoms with Crippen LogP contribution in [-0.4, -0.2) is 11.7 Å². The van der Waals surface area contributed by atoms with E-state index in [2.05, 4.69) is 0 Å². The zero-order chi connectivity index (χ0) is 13.7. The van der Waals surface area contributed by atoms with Gasteiger partial charge in [-0.25, -0.2) is 0 Å². The molecule has 0 atom stereocenters. The van der Waals surface area contributed by atoms with E-state index >= 15 is 0 Å². The van der Waals surface area contributed by atoms with Crippen LogP contribution >= 0.6 is 23.2 Å². The molecule has 0 radical (unpaired) electrons. The molecule has 2 rings (SSSR count). The molecule has 0 saturated carbocycles. The number of benzene rings is 2. The molecule has 0 saturated heterocycles. The normalized spacial score (nSPS) is 10.5. The highest BCUT2D eigenvalue weighted by molar-refractivity contribution is 6.42. The average Bonchev–Trinajstić information content (AvgIpc) is 2.42. The smallest absolute Gasteiger partial charge is 0.123 e. The minimum absolute atomic E-state index is 0.0955. The predicted octanol–water partition coefficient (Wildman–Crippen LogP) is 4.11. The van der Waals surface area contributed by atoms with Crippen LogP contribution in [0.2, 0.25) is 10.0 Å². The van der Waals surface area contributed by atoms with Gasteiger partial charge in [-0.3, -0.25) is 0 Å². The average molecular weight is 297 g/mol. The Morgan fingerprint density at radius 2 is 1.68 bits per heavy atom. The number of hydrogen-bond donors (Lipinski definition) is 1. The summed E-state index contributed by atoms with van der Waals surface area (Å²) in [6.45, 7) is 0.445. The Hall–Kier alpha value is -1.22. The SMILES string of the molecule is OCCc1ccccc1OCc1cccc(Cl)c1Cl. The van der Waals surface area contributed by atoms with Gasteiger partial charge in [0.1, 0.15) is 12.4 Å². The Balaban J connectivity index is 2.12. The van der Waals surface area contributed by atoms with Crippen LogP contribution in [0.15, 0.2) is 42.5 Å². The molecule has 0 amide bonds. The van der Waals surface area contributed by atoms with E-state index in [1.165, 1.54) is 0 Å². The van der Waals surface area contributed by atoms with Crippen molar-refractivity contribution in [3.8, 4) is 5.75 Å². The third-order valence-electron chi connectivity index (χ3n) is 2.77. The van der Waals surface area contributed by atoms with Crippen LogP contribution in [0.25, 0.3) is 0 Å². The monoisotopic (exact) mass is 296 g/mol. The quantitative estimate of drug-likeness (QED) is 0.900. The van der Waals surface area contributed by atoms with Crippen molar-refractivity contribution in [2.45, 2.75) is 13.0 Å². The van der Waals surface area contributed by atoms with Crippen molar-refractivity contribution in [3.63, 3.8) is 0 Å². The van der Waals surface area contributed by atoms with Crippen molar-refractivity contribution in [1.29, 1.82) is 0 Å². The molecule has 19 heavy (non-hydrogen) atoms. The Kier molecular flexibility index (Phi) is 5.08. The largest absolute Gasteiger partial charge is 0.489 e. The van der Waals surface area contributed by atoms with Crippen molar-refractivity contribution < 1.29 is 9.84 Å². The van der Waals surface area contributed by atoms with Gasteiger partial charge in [0.15, 0.2) is 0 Å². The molecule has 2 nitrogen and oxygen atoms in total. The van der Waals surface area contributed by atoms with Crippen LogP contribution in [0.3, 0.4) is 0 Å². The highest BCUT2D eigenvalue weighted by atomic mass is 35.5. The third-order valence-corrected chi connectivity index (χ3v) is 3.63. The molecule has 0 unspecified atom stereocenters. The molecule has 0 aromatic heterocycles. The van der Waals surface area contributed by atoms with Gasteiger partial charge in [-0.2, -0.15) is 0 Å². The first kappa shape index (κ1) is 14.2. The highest BCUT2D eigenvalue weighted by Crippen LogP contribution is 2.27. The number of aliphatic hydroxyl groups is 1. The second kappa shape index (κ2) is 6.80. The fraction of sp³-hybridized carbons (Fsp3) is 0.200. The first-order valence-corrected chi connectivity index (χ1v) is 6.72. The fourth-order valence-electron chi connectivity index (χ4n) is 1.79. The van der Waals surface area contributed by atoms with Gasteiger partial charge >= 0.3 is 0 Å². The summed E-state index contributed by atoms with van der Waals surface area (Å²) in [7, 11) is 0. The molecule has 1 N–H and O–H groups in total. The summed E-state index contributed by atoms with van der Waals surface area (Å²) in [6.07, 6.45) is 0.569. The first-order chi connectivity index (χ1) is 9.22. The van der Waals surface area contributed by atoms with Gasteiger partial charge in [0.25, 0.3) is 0 Å². The van der Waals surface area contributed by atoms with Crippen LogP contribution < -0.4 is 4.74 Å². The molecule has 0 aliphatic rings. The molecule has 0 spiro atoms. The van der Waals surface area contributed by atoms with E-state index in [0.29, 0.717) is 23.1 Å². The van der Waals surface area contributed by atoms with Gasteiger partial charge in [-0.15, -0.1) is 0 Å². The van der Waals surface area contributed by atoms with Crippen molar-refractivity contribution >= 4 is 23.2 Å². The zero-order valence-corrected chi connectivity index (χ0v) is 11.8. The summed E-state index contributed by atoms with van der Waals surface area (Å²) in [4.78, 5) is 0. The lowest BCUT2D eigenvalue weighted by molar-refractivity contribution is 0.284. The van der Waals surface area contributed by atoms with Gasteiger partial charge in [0.2, 0.25) is 0 Å². The summed E-state index contributed by atoms with van der Waals surface area (Å²) < 4.78 is 5.76. The van der Waals surface area contributed by atoms with Gasteiger partial charge < -0.3 is 9.84 Å². The summed E-state index contributed by atoms with van der Waals surface area (Å²) in [5.41, 5.74) is 1.82. The van der Waals surface area contributed by atoms with E-state index in [0.717, 1.165) is 16.9 Å². The van der Waals surface area contributed by atoms with Crippen molar-refractivity contribution in [2.75, 3.05) is 6.61 Å². The highest BCUT2D eigenvalue weighted by Gasteiger charge is 2.07. The van der Waals surface area contributed by atoms with E-state index in [4.69, 9.17) is 33.0 Å². The number of ether oxygens (including phenoxy) is 1. The molecule has 0 aliphatic heterocycles. The second-order valence-electron chi connectivity index (χ2n) is 4.08. The summed E-state index contributed by atoms with van der Waals surface area (Å²) in [5, 5.41) is 10.1. The maximum absolute atomic E-state index is 9.02. The van der Waals surface area contributed by atoms with E-state index in [1.54, 1.807) is 6.07 Å². The third kappa shape index (κ3) is 3.63. The molecule has 100 valence electrons. The van der Waals surface area contributed by atoms with Gasteiger partial charge in [-0.1, -0.05) is 53.5 Å². The molecule has 2 aromatic rings. The Morgan fingerprint density at radius 3 is 2.47 bits per heavy atom. The Morgan fingerprint density at radius 1 is 0.947 bits per heavy atom. The summed E-state index contributed by atoms with van der Waals surface area (Å²) in [5.74, 6) is 0.757. The zero-order valence-electron chi connectivity index (χ0n) is 10.3. The van der Waals surface area contributed by atoms with Crippen molar-refractivity contribution in [3.05, 3.63) is 63.6 Å². The molecule has 4 heteroatoms. The van der Waals surface area contributed by atoms with Gasteiger partial charge in [-0.05, 0) is 24.1 Å². The molecule has 0 heterocycles. The molecule has 0 aliphatic carbocycles. The summed E-state index contributed by atoms with van der Waals surface area (Å²) >= 11 is 12.1. The maximum Gasteiger partial charge on any atom is 0.123 e. The number of rotatable bonds is 5. The lowest BCUT2D eigenvalue weighted by Crippen LogP contribution is -2.00. The molecule has 0 bridgehead atoms. The number of aliphatic hydroxyl groups excluding tert-OH is 1. The minimum Gasteiger partial charge on any atom is -0.489 e.